The van der Waals surface area contributed by atoms with Crippen LogP contribution in [-0.4, -0.2) is 58.5 Å². The van der Waals surface area contributed by atoms with E-state index in [-0.39, 0.29) is 35.4 Å². The molecule has 2 fully saturated rings. The fraction of sp³-hybridized carbons (Fsp3) is 0.591. The molecule has 0 saturated carbocycles. The molecule has 2 unspecified atom stereocenters. The van der Waals surface area contributed by atoms with E-state index in [0.717, 1.165) is 68.9 Å². The maximum absolute atomic E-state index is 5.85. The van der Waals surface area contributed by atoms with Gasteiger partial charge in [-0.1, -0.05) is 18.2 Å². The molecule has 0 bridgehead atoms. The van der Waals surface area contributed by atoms with Crippen molar-refractivity contribution >= 4 is 29.9 Å². The maximum Gasteiger partial charge on any atom is 0.194 e. The fourth-order valence-electron chi connectivity index (χ4n) is 4.71. The van der Waals surface area contributed by atoms with E-state index >= 15 is 0 Å². The summed E-state index contributed by atoms with van der Waals surface area (Å²) in [6.45, 7) is 6.90. The van der Waals surface area contributed by atoms with Crippen LogP contribution < -0.4 is 10.1 Å². The van der Waals surface area contributed by atoms with Gasteiger partial charge in [0, 0.05) is 44.1 Å². The number of guanidine groups is 1. The number of likely N-dealkylation sites (tertiary alicyclic amines) is 1. The molecule has 1 spiro atoms. The second kappa shape index (κ2) is 9.32. The Morgan fingerprint density at radius 3 is 2.90 bits per heavy atom. The number of nitrogens with one attached hydrogen (secondary N) is 1. The zero-order valence-electron chi connectivity index (χ0n) is 18.2. The average Bonchev–Trinajstić information content (AvgIpc) is 3.49. The molecule has 9 heteroatoms. The van der Waals surface area contributed by atoms with Crippen LogP contribution in [0, 0.1) is 12.3 Å². The van der Waals surface area contributed by atoms with Crippen molar-refractivity contribution in [1.29, 1.82) is 0 Å². The highest BCUT2D eigenvalue weighted by Crippen LogP contribution is 2.39. The van der Waals surface area contributed by atoms with Crippen LogP contribution >= 0.6 is 24.0 Å². The van der Waals surface area contributed by atoms with Gasteiger partial charge in [-0.2, -0.15) is 0 Å². The summed E-state index contributed by atoms with van der Waals surface area (Å²) < 4.78 is 13.6. The summed E-state index contributed by atoms with van der Waals surface area (Å²) in [4.78, 5) is 7.40. The van der Waals surface area contributed by atoms with Gasteiger partial charge in [-0.05, 0) is 25.8 Å². The monoisotopic (exact) mass is 538 g/mol. The number of nitrogens with zero attached hydrogens (tertiary/aromatic N) is 5. The van der Waals surface area contributed by atoms with E-state index in [4.69, 9.17) is 14.5 Å². The molecule has 5 rings (SSSR count). The van der Waals surface area contributed by atoms with E-state index in [1.165, 1.54) is 5.56 Å². The minimum absolute atomic E-state index is 0. The molecule has 1 N–H and O–H groups in total. The van der Waals surface area contributed by atoms with Crippen LogP contribution in [0.2, 0.25) is 0 Å². The number of halogens is 1. The summed E-state index contributed by atoms with van der Waals surface area (Å²) >= 11 is 0. The van der Waals surface area contributed by atoms with Crippen molar-refractivity contribution < 1.29 is 9.47 Å². The molecule has 3 aliphatic rings. The Labute approximate surface area is 200 Å². The summed E-state index contributed by atoms with van der Waals surface area (Å²) in [7, 11) is 1.99. The number of hydrogen-bond acceptors (Lipinski definition) is 5. The Kier molecular flexibility index (Phi) is 6.71. The number of hydrogen-bond donors (Lipinski definition) is 1. The lowest BCUT2D eigenvalue weighted by Gasteiger charge is -2.31. The first-order valence-electron chi connectivity index (χ1n) is 10.8. The van der Waals surface area contributed by atoms with Gasteiger partial charge in [0.1, 0.15) is 18.1 Å². The number of fused-ring (bicyclic) bond motifs is 1. The van der Waals surface area contributed by atoms with Crippen LogP contribution in [0.4, 0.5) is 0 Å². The van der Waals surface area contributed by atoms with E-state index in [1.807, 2.05) is 30.7 Å². The molecule has 31 heavy (non-hydrogen) atoms. The number of aromatic nitrogens is 3. The van der Waals surface area contributed by atoms with Crippen molar-refractivity contribution in [3.05, 3.63) is 41.5 Å². The van der Waals surface area contributed by atoms with Crippen molar-refractivity contribution in [1.82, 2.24) is 25.0 Å². The quantitative estimate of drug-likeness (QED) is 0.368. The van der Waals surface area contributed by atoms with Crippen molar-refractivity contribution in [2.24, 2.45) is 17.5 Å². The SMILES string of the molecule is Cc1nnc(CN=C(NC2CCOc3ccccc32)N2CCC3(CCOC3)C2)n1C.I. The summed E-state index contributed by atoms with van der Waals surface area (Å²) in [6.07, 6.45) is 3.21. The summed E-state index contributed by atoms with van der Waals surface area (Å²) in [5, 5.41) is 12.2. The molecule has 0 amide bonds. The lowest BCUT2D eigenvalue weighted by molar-refractivity contribution is 0.156. The van der Waals surface area contributed by atoms with Gasteiger partial charge in [0.05, 0.1) is 19.3 Å². The van der Waals surface area contributed by atoms with E-state index in [9.17, 15) is 0 Å². The highest BCUT2D eigenvalue weighted by molar-refractivity contribution is 14.0. The van der Waals surface area contributed by atoms with Gasteiger partial charge in [0.25, 0.3) is 0 Å². The van der Waals surface area contributed by atoms with Gasteiger partial charge in [0.2, 0.25) is 0 Å². The minimum Gasteiger partial charge on any atom is -0.493 e. The number of rotatable bonds is 3. The van der Waals surface area contributed by atoms with E-state index in [0.29, 0.717) is 13.2 Å². The third kappa shape index (κ3) is 4.52. The standard InChI is InChI=1S/C22H30N6O2.HI/c1-16-25-26-20(27(16)2)13-23-21(28-10-8-22(14-28)9-12-29-15-22)24-18-7-11-30-19-6-4-3-5-17(18)19;/h3-6,18H,7-15H2,1-2H3,(H,23,24);1H. The molecule has 4 heterocycles. The van der Waals surface area contributed by atoms with Crippen molar-refractivity contribution in [3.63, 3.8) is 0 Å². The first-order chi connectivity index (χ1) is 14.6. The lowest BCUT2D eigenvalue weighted by atomic mass is 9.87. The minimum atomic E-state index is 0. The zero-order valence-corrected chi connectivity index (χ0v) is 20.5. The molecule has 1 aromatic carbocycles. The summed E-state index contributed by atoms with van der Waals surface area (Å²) in [5.74, 6) is 3.68. The molecular formula is C22H31IN6O2. The van der Waals surface area contributed by atoms with Crippen molar-refractivity contribution in [2.45, 2.75) is 38.8 Å². The number of aryl methyl sites for hydroxylation is 1. The Balaban J connectivity index is 0.00000231. The smallest absolute Gasteiger partial charge is 0.194 e. The highest BCUT2D eigenvalue weighted by atomic mass is 127. The van der Waals surface area contributed by atoms with Gasteiger partial charge in [-0.15, -0.1) is 34.2 Å². The summed E-state index contributed by atoms with van der Waals surface area (Å²) in [6, 6.07) is 8.47. The molecular weight excluding hydrogens is 507 g/mol. The van der Waals surface area contributed by atoms with Gasteiger partial charge in [0.15, 0.2) is 11.8 Å². The first kappa shape index (κ1) is 22.3. The summed E-state index contributed by atoms with van der Waals surface area (Å²) in [5.41, 5.74) is 1.47. The number of para-hydroxylation sites is 1. The molecule has 0 aliphatic carbocycles. The van der Waals surface area contributed by atoms with Crippen molar-refractivity contribution in [3.8, 4) is 5.75 Å². The molecule has 2 saturated heterocycles. The third-order valence-corrected chi connectivity index (χ3v) is 6.74. The van der Waals surface area contributed by atoms with Crippen LogP contribution in [0.3, 0.4) is 0 Å². The topological polar surface area (TPSA) is 76.8 Å². The number of benzene rings is 1. The predicted octanol–water partition coefficient (Wildman–Crippen LogP) is 2.82. The molecule has 0 radical (unpaired) electrons. The van der Waals surface area contributed by atoms with Crippen molar-refractivity contribution in [2.75, 3.05) is 32.9 Å². The molecule has 2 aromatic rings. The van der Waals surface area contributed by atoms with Crippen LogP contribution in [0.25, 0.3) is 0 Å². The fourth-order valence-corrected chi connectivity index (χ4v) is 4.71. The van der Waals surface area contributed by atoms with Gasteiger partial charge in [-0.3, -0.25) is 0 Å². The van der Waals surface area contributed by atoms with Crippen LogP contribution in [0.1, 0.15) is 42.5 Å². The maximum atomic E-state index is 5.85. The lowest BCUT2D eigenvalue weighted by Crippen LogP contribution is -2.44. The predicted molar refractivity (Wildman–Crippen MR) is 129 cm³/mol. The molecule has 3 aliphatic heterocycles. The second-order valence-corrected chi connectivity index (χ2v) is 8.71. The zero-order chi connectivity index (χ0) is 20.6. The van der Waals surface area contributed by atoms with Gasteiger partial charge in [-0.25, -0.2) is 4.99 Å². The van der Waals surface area contributed by atoms with Crippen LogP contribution in [-0.2, 0) is 18.3 Å². The van der Waals surface area contributed by atoms with Crippen LogP contribution in [0.5, 0.6) is 5.75 Å². The average molecular weight is 538 g/mol. The Bertz CT molecular complexity index is 940. The molecule has 1 aromatic heterocycles. The normalized spacial score (nSPS) is 25.3. The second-order valence-electron chi connectivity index (χ2n) is 8.71. The Hall–Kier alpha value is -1.88. The van der Waals surface area contributed by atoms with E-state index in [2.05, 4.69) is 32.5 Å². The third-order valence-electron chi connectivity index (χ3n) is 6.74. The molecule has 2 atom stereocenters. The molecule has 8 nitrogen and oxygen atoms in total. The molecule has 168 valence electrons. The van der Waals surface area contributed by atoms with E-state index in [1.54, 1.807) is 0 Å². The number of aliphatic imine (C=N–C) groups is 1. The first-order valence-corrected chi connectivity index (χ1v) is 10.8. The number of ether oxygens (including phenoxy) is 2. The van der Waals surface area contributed by atoms with Gasteiger partial charge >= 0.3 is 0 Å². The van der Waals surface area contributed by atoms with E-state index < -0.39 is 0 Å². The Morgan fingerprint density at radius 1 is 1.26 bits per heavy atom. The Morgan fingerprint density at radius 2 is 2.13 bits per heavy atom. The highest BCUT2D eigenvalue weighted by Gasteiger charge is 2.42. The van der Waals surface area contributed by atoms with Gasteiger partial charge < -0.3 is 24.3 Å². The largest absolute Gasteiger partial charge is 0.493 e. The van der Waals surface area contributed by atoms with Crippen LogP contribution in [0.15, 0.2) is 29.3 Å².